The van der Waals surface area contributed by atoms with E-state index in [4.69, 9.17) is 5.73 Å². The normalized spacial score (nSPS) is 12.3. The second kappa shape index (κ2) is 6.80. The van der Waals surface area contributed by atoms with Crippen molar-refractivity contribution in [1.82, 2.24) is 25.1 Å². The van der Waals surface area contributed by atoms with Crippen LogP contribution >= 0.6 is 0 Å². The van der Waals surface area contributed by atoms with Gasteiger partial charge in [0.15, 0.2) is 5.82 Å². The van der Waals surface area contributed by atoms with E-state index >= 15 is 0 Å². The van der Waals surface area contributed by atoms with E-state index in [1.165, 1.54) is 0 Å². The molecule has 0 aromatic carbocycles. The Labute approximate surface area is 110 Å². The first-order valence-corrected chi connectivity index (χ1v) is 6.70. The summed E-state index contributed by atoms with van der Waals surface area (Å²) in [5, 5.41) is 11.9. The van der Waals surface area contributed by atoms with Crippen molar-refractivity contribution in [3.05, 3.63) is 5.82 Å². The Bertz CT molecular complexity index is 346. The van der Waals surface area contributed by atoms with Gasteiger partial charge < -0.3 is 5.73 Å². The fourth-order valence-electron chi connectivity index (χ4n) is 1.87. The van der Waals surface area contributed by atoms with Gasteiger partial charge in [0.2, 0.25) is 0 Å². The molecule has 104 valence electrons. The molecule has 0 saturated heterocycles. The molecular formula is C12H26N6. The number of rotatable bonds is 8. The lowest BCUT2D eigenvalue weighted by Crippen LogP contribution is -2.38. The van der Waals surface area contributed by atoms with Crippen LogP contribution in [-0.4, -0.2) is 44.7 Å². The van der Waals surface area contributed by atoms with Gasteiger partial charge in [0.05, 0.1) is 6.54 Å². The average Bonchev–Trinajstić information content (AvgIpc) is 2.76. The van der Waals surface area contributed by atoms with Crippen LogP contribution < -0.4 is 5.73 Å². The smallest absolute Gasteiger partial charge is 0.165 e. The molecule has 6 heteroatoms. The van der Waals surface area contributed by atoms with Crippen molar-refractivity contribution in [3.8, 4) is 0 Å². The quantitative estimate of drug-likeness (QED) is 0.746. The highest BCUT2D eigenvalue weighted by atomic mass is 15.5. The molecule has 0 bridgehead atoms. The monoisotopic (exact) mass is 254 g/mol. The standard InChI is InChI=1S/C12H26N6/c1-5-7-18-11(14-15-16-18)8-17(6-2)10-12(3,4)9-13/h5-10,13H2,1-4H3. The third-order valence-electron chi connectivity index (χ3n) is 3.06. The average molecular weight is 254 g/mol. The van der Waals surface area contributed by atoms with Crippen LogP contribution in [0.25, 0.3) is 0 Å². The molecule has 1 aromatic rings. The van der Waals surface area contributed by atoms with E-state index in [-0.39, 0.29) is 5.41 Å². The van der Waals surface area contributed by atoms with Crippen LogP contribution in [0.5, 0.6) is 0 Å². The van der Waals surface area contributed by atoms with Gasteiger partial charge in [-0.25, -0.2) is 4.68 Å². The molecule has 1 heterocycles. The summed E-state index contributed by atoms with van der Waals surface area (Å²) in [5.41, 5.74) is 5.91. The third-order valence-corrected chi connectivity index (χ3v) is 3.06. The molecule has 1 aromatic heterocycles. The SMILES string of the molecule is CCCn1nnnc1CN(CC)CC(C)(C)CN. The Morgan fingerprint density at radius 2 is 2.06 bits per heavy atom. The lowest BCUT2D eigenvalue weighted by Gasteiger charge is -2.30. The Kier molecular flexibility index (Phi) is 5.68. The van der Waals surface area contributed by atoms with Crippen molar-refractivity contribution in [3.63, 3.8) is 0 Å². The molecule has 1 rings (SSSR count). The first kappa shape index (κ1) is 15.0. The first-order valence-electron chi connectivity index (χ1n) is 6.70. The molecule has 0 radical (unpaired) electrons. The molecule has 0 amide bonds. The molecule has 0 aliphatic rings. The van der Waals surface area contributed by atoms with Crippen molar-refractivity contribution in [1.29, 1.82) is 0 Å². The summed E-state index contributed by atoms with van der Waals surface area (Å²) < 4.78 is 1.89. The van der Waals surface area contributed by atoms with Gasteiger partial charge in [0.25, 0.3) is 0 Å². The van der Waals surface area contributed by atoms with Crippen LogP contribution in [0.2, 0.25) is 0 Å². The third kappa shape index (κ3) is 4.34. The molecule has 0 atom stereocenters. The summed E-state index contributed by atoms with van der Waals surface area (Å²) in [4.78, 5) is 2.34. The van der Waals surface area contributed by atoms with Gasteiger partial charge in [0, 0.05) is 13.1 Å². The van der Waals surface area contributed by atoms with Gasteiger partial charge in [-0.05, 0) is 35.4 Å². The number of nitrogens with zero attached hydrogens (tertiary/aromatic N) is 5. The zero-order valence-electron chi connectivity index (χ0n) is 12.1. The van der Waals surface area contributed by atoms with Crippen molar-refractivity contribution >= 4 is 0 Å². The molecule has 18 heavy (non-hydrogen) atoms. The van der Waals surface area contributed by atoms with E-state index in [0.29, 0.717) is 6.54 Å². The van der Waals surface area contributed by atoms with E-state index in [1.54, 1.807) is 0 Å². The number of hydrogen-bond acceptors (Lipinski definition) is 5. The molecule has 0 fully saturated rings. The number of aryl methyl sites for hydroxylation is 1. The lowest BCUT2D eigenvalue weighted by atomic mass is 9.93. The van der Waals surface area contributed by atoms with Gasteiger partial charge >= 0.3 is 0 Å². The minimum atomic E-state index is 0.124. The predicted molar refractivity (Wildman–Crippen MR) is 71.9 cm³/mol. The molecule has 6 nitrogen and oxygen atoms in total. The summed E-state index contributed by atoms with van der Waals surface area (Å²) >= 11 is 0. The van der Waals surface area contributed by atoms with E-state index in [2.05, 4.69) is 48.1 Å². The van der Waals surface area contributed by atoms with Crippen LogP contribution in [0.3, 0.4) is 0 Å². The molecule has 0 aliphatic carbocycles. The summed E-state index contributed by atoms with van der Waals surface area (Å²) in [6, 6.07) is 0. The zero-order chi connectivity index (χ0) is 13.6. The fraction of sp³-hybridized carbons (Fsp3) is 0.917. The number of hydrogen-bond donors (Lipinski definition) is 1. The van der Waals surface area contributed by atoms with Gasteiger partial charge in [-0.2, -0.15) is 0 Å². The number of nitrogens with two attached hydrogens (primary N) is 1. The van der Waals surface area contributed by atoms with Crippen LogP contribution in [-0.2, 0) is 13.1 Å². The summed E-state index contributed by atoms with van der Waals surface area (Å²) in [6.07, 6.45) is 1.04. The fourth-order valence-corrected chi connectivity index (χ4v) is 1.87. The topological polar surface area (TPSA) is 72.9 Å². The van der Waals surface area contributed by atoms with Gasteiger partial charge in [0.1, 0.15) is 0 Å². The maximum absolute atomic E-state index is 5.79. The van der Waals surface area contributed by atoms with Crippen molar-refractivity contribution in [2.75, 3.05) is 19.6 Å². The first-order chi connectivity index (χ1) is 8.52. The van der Waals surface area contributed by atoms with E-state index < -0.39 is 0 Å². The summed E-state index contributed by atoms with van der Waals surface area (Å²) in [6.45, 7) is 12.9. The Balaban J connectivity index is 2.65. The highest BCUT2D eigenvalue weighted by Gasteiger charge is 2.20. The number of tetrazole rings is 1. The van der Waals surface area contributed by atoms with Crippen LogP contribution in [0.15, 0.2) is 0 Å². The molecule has 0 spiro atoms. The van der Waals surface area contributed by atoms with E-state index in [1.807, 2.05) is 4.68 Å². The zero-order valence-corrected chi connectivity index (χ0v) is 12.1. The maximum Gasteiger partial charge on any atom is 0.165 e. The Morgan fingerprint density at radius 3 is 2.61 bits per heavy atom. The van der Waals surface area contributed by atoms with Gasteiger partial charge in [-0.1, -0.05) is 27.7 Å². The Hall–Kier alpha value is -1.01. The van der Waals surface area contributed by atoms with E-state index in [9.17, 15) is 0 Å². The van der Waals surface area contributed by atoms with Crippen LogP contribution in [0, 0.1) is 5.41 Å². The summed E-state index contributed by atoms with van der Waals surface area (Å²) in [7, 11) is 0. The lowest BCUT2D eigenvalue weighted by molar-refractivity contribution is 0.177. The molecule has 2 N–H and O–H groups in total. The highest BCUT2D eigenvalue weighted by Crippen LogP contribution is 2.16. The predicted octanol–water partition coefficient (Wildman–Crippen LogP) is 0.890. The second-order valence-electron chi connectivity index (χ2n) is 5.49. The molecule has 0 aliphatic heterocycles. The highest BCUT2D eigenvalue weighted by molar-refractivity contribution is 4.83. The summed E-state index contributed by atoms with van der Waals surface area (Å²) in [5.74, 6) is 0.937. The second-order valence-corrected chi connectivity index (χ2v) is 5.49. The van der Waals surface area contributed by atoms with Gasteiger partial charge in [-0.3, -0.25) is 4.90 Å². The number of aromatic nitrogens is 4. The van der Waals surface area contributed by atoms with Gasteiger partial charge in [-0.15, -0.1) is 5.10 Å². The molecule has 0 unspecified atom stereocenters. The van der Waals surface area contributed by atoms with Crippen LogP contribution in [0.1, 0.15) is 39.9 Å². The Morgan fingerprint density at radius 1 is 1.33 bits per heavy atom. The largest absolute Gasteiger partial charge is 0.330 e. The van der Waals surface area contributed by atoms with Crippen molar-refractivity contribution in [2.45, 2.75) is 47.2 Å². The van der Waals surface area contributed by atoms with Crippen LogP contribution in [0.4, 0.5) is 0 Å². The molecular weight excluding hydrogens is 228 g/mol. The molecule has 0 saturated carbocycles. The maximum atomic E-state index is 5.79. The minimum Gasteiger partial charge on any atom is -0.330 e. The van der Waals surface area contributed by atoms with Crippen molar-refractivity contribution in [2.24, 2.45) is 11.1 Å². The van der Waals surface area contributed by atoms with E-state index in [0.717, 1.165) is 38.4 Å². The van der Waals surface area contributed by atoms with Crippen molar-refractivity contribution < 1.29 is 0 Å². The minimum absolute atomic E-state index is 0.124.